The summed E-state index contributed by atoms with van der Waals surface area (Å²) < 4.78 is 11.7. The third kappa shape index (κ3) is 4.18. The van der Waals surface area contributed by atoms with Crippen LogP contribution in [0.3, 0.4) is 0 Å². The quantitative estimate of drug-likeness (QED) is 0.910. The molecule has 1 saturated heterocycles. The number of hydrogen-bond donors (Lipinski definition) is 1. The maximum Gasteiger partial charge on any atom is 0.261 e. The maximum absolute atomic E-state index is 11.9. The molecule has 1 N–H and O–H groups in total. The average molecular weight is 304 g/mol. The molecule has 4 nitrogen and oxygen atoms in total. The first-order valence-electron chi connectivity index (χ1n) is 6.30. The molecule has 1 atom stereocenters. The molecule has 0 unspecified atom stereocenters. The van der Waals surface area contributed by atoms with Gasteiger partial charge in [-0.1, -0.05) is 18.5 Å². The summed E-state index contributed by atoms with van der Waals surface area (Å²) >= 11 is 7.09. The third-order valence-electron chi connectivity index (χ3n) is 3.03. The maximum atomic E-state index is 11.9. The van der Waals surface area contributed by atoms with Crippen LogP contribution in [-0.4, -0.2) is 31.5 Å². The zero-order valence-corrected chi connectivity index (χ0v) is 12.6. The number of amides is 1. The van der Waals surface area contributed by atoms with E-state index in [-0.39, 0.29) is 11.8 Å². The molecule has 0 radical (unpaired) electrons. The highest BCUT2D eigenvalue weighted by atomic mass is 35.5. The number of carbonyl (C=O) groups is 1. The minimum absolute atomic E-state index is 0.0813. The molecule has 1 aliphatic heterocycles. The van der Waals surface area contributed by atoms with Crippen LogP contribution in [0.2, 0.25) is 4.34 Å². The normalized spacial score (nSPS) is 19.3. The van der Waals surface area contributed by atoms with Crippen molar-refractivity contribution in [3.05, 3.63) is 21.3 Å². The Morgan fingerprint density at radius 3 is 2.79 bits per heavy atom. The molecule has 0 saturated carbocycles. The van der Waals surface area contributed by atoms with E-state index < -0.39 is 5.79 Å². The van der Waals surface area contributed by atoms with E-state index in [0.29, 0.717) is 29.0 Å². The van der Waals surface area contributed by atoms with Crippen LogP contribution in [0, 0.1) is 5.92 Å². The SMILES string of the molecule is C[C@@H](CNC(=O)c1ccc(Cl)s1)CC1(C)OCCO1. The predicted molar refractivity (Wildman–Crippen MR) is 75.8 cm³/mol. The van der Waals surface area contributed by atoms with Gasteiger partial charge in [0.05, 0.1) is 22.4 Å². The lowest BCUT2D eigenvalue weighted by Crippen LogP contribution is -2.34. The van der Waals surface area contributed by atoms with Crippen LogP contribution < -0.4 is 5.32 Å². The van der Waals surface area contributed by atoms with Crippen molar-refractivity contribution in [3.8, 4) is 0 Å². The Bertz CT molecular complexity index is 443. The van der Waals surface area contributed by atoms with Crippen molar-refractivity contribution >= 4 is 28.8 Å². The van der Waals surface area contributed by atoms with Crippen LogP contribution in [0.1, 0.15) is 29.9 Å². The van der Waals surface area contributed by atoms with Crippen molar-refractivity contribution in [2.24, 2.45) is 5.92 Å². The van der Waals surface area contributed by atoms with E-state index in [9.17, 15) is 4.79 Å². The summed E-state index contributed by atoms with van der Waals surface area (Å²) in [7, 11) is 0. The summed E-state index contributed by atoms with van der Waals surface area (Å²) in [5.41, 5.74) is 0. The second-order valence-corrected chi connectivity index (χ2v) is 6.67. The van der Waals surface area contributed by atoms with E-state index in [2.05, 4.69) is 12.2 Å². The van der Waals surface area contributed by atoms with Gasteiger partial charge in [-0.3, -0.25) is 4.79 Å². The second kappa shape index (κ2) is 6.22. The standard InChI is InChI=1S/C13H18ClNO3S/c1-9(7-13(2)17-5-6-18-13)8-15-12(16)10-3-4-11(14)19-10/h3-4,9H,5-8H2,1-2H3,(H,15,16)/t9-/m1/s1. The number of hydrogen-bond acceptors (Lipinski definition) is 4. The summed E-state index contributed by atoms with van der Waals surface area (Å²) in [5.74, 6) is -0.305. The lowest BCUT2D eigenvalue weighted by molar-refractivity contribution is -0.153. The highest BCUT2D eigenvalue weighted by Gasteiger charge is 2.32. The molecule has 1 aliphatic rings. The van der Waals surface area contributed by atoms with Crippen molar-refractivity contribution < 1.29 is 14.3 Å². The van der Waals surface area contributed by atoms with Crippen molar-refractivity contribution in [2.45, 2.75) is 26.1 Å². The van der Waals surface area contributed by atoms with Gasteiger partial charge in [-0.15, -0.1) is 11.3 Å². The molecule has 2 heterocycles. The molecule has 1 amide bonds. The van der Waals surface area contributed by atoms with Gasteiger partial charge in [-0.25, -0.2) is 0 Å². The van der Waals surface area contributed by atoms with Crippen molar-refractivity contribution in [3.63, 3.8) is 0 Å². The van der Waals surface area contributed by atoms with Crippen molar-refractivity contribution in [2.75, 3.05) is 19.8 Å². The Balaban J connectivity index is 1.77. The Morgan fingerprint density at radius 2 is 2.21 bits per heavy atom. The number of thiophene rings is 1. The predicted octanol–water partition coefficient (Wildman–Crippen LogP) is 2.92. The zero-order valence-electron chi connectivity index (χ0n) is 11.1. The molecule has 2 rings (SSSR count). The van der Waals surface area contributed by atoms with Gasteiger partial charge in [0.25, 0.3) is 5.91 Å². The van der Waals surface area contributed by atoms with Crippen molar-refractivity contribution in [1.29, 1.82) is 0 Å². The Labute approximate surface area is 122 Å². The minimum Gasteiger partial charge on any atom is -0.351 e. The molecular formula is C13H18ClNO3S. The van der Waals surface area contributed by atoms with Gasteiger partial charge in [-0.05, 0) is 25.0 Å². The number of carbonyl (C=O) groups excluding carboxylic acids is 1. The van der Waals surface area contributed by atoms with E-state index in [0.717, 1.165) is 6.42 Å². The van der Waals surface area contributed by atoms with Gasteiger partial charge in [0.2, 0.25) is 0 Å². The van der Waals surface area contributed by atoms with Crippen LogP contribution in [-0.2, 0) is 9.47 Å². The van der Waals surface area contributed by atoms with E-state index in [1.807, 2.05) is 6.92 Å². The lowest BCUT2D eigenvalue weighted by Gasteiger charge is -2.25. The highest BCUT2D eigenvalue weighted by molar-refractivity contribution is 7.17. The van der Waals surface area contributed by atoms with Gasteiger partial charge in [0.1, 0.15) is 0 Å². The molecule has 19 heavy (non-hydrogen) atoms. The fourth-order valence-electron chi connectivity index (χ4n) is 2.17. The fourth-order valence-corrected chi connectivity index (χ4v) is 3.13. The summed E-state index contributed by atoms with van der Waals surface area (Å²) in [6, 6.07) is 3.46. The summed E-state index contributed by atoms with van der Waals surface area (Å²) in [5, 5.41) is 2.90. The molecule has 106 valence electrons. The third-order valence-corrected chi connectivity index (χ3v) is 4.26. The Kier molecular flexibility index (Phi) is 4.84. The van der Waals surface area contributed by atoms with Crippen LogP contribution in [0.5, 0.6) is 0 Å². The van der Waals surface area contributed by atoms with E-state index in [4.69, 9.17) is 21.1 Å². The molecule has 1 fully saturated rings. The molecule has 0 aliphatic carbocycles. The fraction of sp³-hybridized carbons (Fsp3) is 0.615. The van der Waals surface area contributed by atoms with Gasteiger partial charge >= 0.3 is 0 Å². The first-order chi connectivity index (χ1) is 8.98. The zero-order chi connectivity index (χ0) is 13.9. The number of halogens is 1. The number of ether oxygens (including phenoxy) is 2. The monoisotopic (exact) mass is 303 g/mol. The summed E-state index contributed by atoms with van der Waals surface area (Å²) in [6.45, 7) is 5.89. The van der Waals surface area contributed by atoms with Gasteiger partial charge in [-0.2, -0.15) is 0 Å². The first kappa shape index (κ1) is 14.8. The molecular weight excluding hydrogens is 286 g/mol. The van der Waals surface area contributed by atoms with Crippen LogP contribution >= 0.6 is 22.9 Å². The molecule has 0 bridgehead atoms. The Morgan fingerprint density at radius 1 is 1.53 bits per heavy atom. The van der Waals surface area contributed by atoms with Crippen LogP contribution in [0.25, 0.3) is 0 Å². The summed E-state index contributed by atoms with van der Waals surface area (Å²) in [6.07, 6.45) is 0.762. The van der Waals surface area contributed by atoms with Gasteiger partial charge < -0.3 is 14.8 Å². The van der Waals surface area contributed by atoms with Crippen molar-refractivity contribution in [1.82, 2.24) is 5.32 Å². The van der Waals surface area contributed by atoms with E-state index in [1.165, 1.54) is 11.3 Å². The van der Waals surface area contributed by atoms with Crippen LogP contribution in [0.4, 0.5) is 0 Å². The molecule has 0 aromatic carbocycles. The molecule has 6 heteroatoms. The highest BCUT2D eigenvalue weighted by Crippen LogP contribution is 2.26. The average Bonchev–Trinajstić information content (AvgIpc) is 2.95. The first-order valence-corrected chi connectivity index (χ1v) is 7.49. The smallest absolute Gasteiger partial charge is 0.261 e. The topological polar surface area (TPSA) is 47.6 Å². The minimum atomic E-state index is -0.504. The molecule has 0 spiro atoms. The summed E-state index contributed by atoms with van der Waals surface area (Å²) in [4.78, 5) is 12.5. The Hall–Kier alpha value is -0.620. The van der Waals surface area contributed by atoms with Crippen LogP contribution in [0.15, 0.2) is 12.1 Å². The lowest BCUT2D eigenvalue weighted by atomic mass is 10.0. The second-order valence-electron chi connectivity index (χ2n) is 4.95. The molecule has 1 aromatic rings. The van der Waals surface area contributed by atoms with Gasteiger partial charge in [0, 0.05) is 13.0 Å². The number of nitrogens with one attached hydrogen (secondary N) is 1. The van der Waals surface area contributed by atoms with E-state index in [1.54, 1.807) is 12.1 Å². The van der Waals surface area contributed by atoms with E-state index >= 15 is 0 Å². The number of rotatable bonds is 5. The molecule has 1 aromatic heterocycles. The largest absolute Gasteiger partial charge is 0.351 e. The van der Waals surface area contributed by atoms with Gasteiger partial charge in [0.15, 0.2) is 5.79 Å².